The number of aromatic nitrogens is 1. The van der Waals surface area contributed by atoms with Gasteiger partial charge < -0.3 is 9.47 Å². The molecule has 0 aliphatic carbocycles. The molecule has 3 rings (SSSR count). The van der Waals surface area contributed by atoms with Crippen LogP contribution in [0.15, 0.2) is 47.6 Å². The maximum atomic E-state index is 5.30. The Morgan fingerprint density at radius 1 is 0.960 bits per heavy atom. The van der Waals surface area contributed by atoms with Gasteiger partial charge in [0.2, 0.25) is 0 Å². The van der Waals surface area contributed by atoms with Crippen LogP contribution in [0.3, 0.4) is 0 Å². The first-order valence-corrected chi connectivity index (χ1v) is 8.00. The van der Waals surface area contributed by atoms with E-state index < -0.39 is 0 Å². The van der Waals surface area contributed by atoms with Crippen LogP contribution in [-0.2, 0) is 0 Å². The maximum Gasteiger partial charge on any atom is 0.161 e. The molecule has 5 nitrogen and oxygen atoms in total. The van der Waals surface area contributed by atoms with Crippen molar-refractivity contribution in [1.82, 2.24) is 4.98 Å². The van der Waals surface area contributed by atoms with Gasteiger partial charge in [-0.05, 0) is 54.8 Å². The van der Waals surface area contributed by atoms with E-state index in [0.29, 0.717) is 11.5 Å². The van der Waals surface area contributed by atoms with Crippen LogP contribution in [0.25, 0.3) is 10.9 Å². The lowest BCUT2D eigenvalue weighted by atomic mass is 10.1. The lowest BCUT2D eigenvalue weighted by molar-refractivity contribution is 0.355. The average molecular weight is 335 g/mol. The van der Waals surface area contributed by atoms with E-state index in [2.05, 4.69) is 47.6 Å². The first-order valence-electron chi connectivity index (χ1n) is 8.00. The van der Waals surface area contributed by atoms with Crippen LogP contribution in [-0.4, -0.2) is 25.4 Å². The monoisotopic (exact) mass is 335 g/mol. The van der Waals surface area contributed by atoms with E-state index >= 15 is 0 Å². The fourth-order valence-electron chi connectivity index (χ4n) is 2.72. The predicted molar refractivity (Wildman–Crippen MR) is 102 cm³/mol. The van der Waals surface area contributed by atoms with Gasteiger partial charge in [0.15, 0.2) is 11.5 Å². The van der Waals surface area contributed by atoms with Crippen molar-refractivity contribution in [3.8, 4) is 11.5 Å². The highest BCUT2D eigenvalue weighted by molar-refractivity contribution is 5.86. The summed E-state index contributed by atoms with van der Waals surface area (Å²) in [5.41, 5.74) is 7.21. The van der Waals surface area contributed by atoms with E-state index in [9.17, 15) is 0 Å². The zero-order valence-corrected chi connectivity index (χ0v) is 14.8. The molecule has 3 aromatic rings. The summed E-state index contributed by atoms with van der Waals surface area (Å²) < 4.78 is 10.5. The van der Waals surface area contributed by atoms with Crippen LogP contribution in [0.1, 0.15) is 16.7 Å². The van der Waals surface area contributed by atoms with Gasteiger partial charge in [0.25, 0.3) is 0 Å². The van der Waals surface area contributed by atoms with Gasteiger partial charge in [0.05, 0.1) is 26.0 Å². The lowest BCUT2D eigenvalue weighted by Gasteiger charge is -2.08. The van der Waals surface area contributed by atoms with Gasteiger partial charge >= 0.3 is 0 Å². The Hall–Kier alpha value is -3.08. The molecule has 0 unspecified atom stereocenters. The van der Waals surface area contributed by atoms with Crippen molar-refractivity contribution in [1.29, 1.82) is 0 Å². The first-order chi connectivity index (χ1) is 12.1. The predicted octanol–water partition coefficient (Wildman–Crippen LogP) is 4.31. The summed E-state index contributed by atoms with van der Waals surface area (Å²) in [5.74, 6) is 2.08. The molecule has 0 radical (unpaired) electrons. The minimum absolute atomic E-state index is 0.668. The number of hydrazone groups is 1. The van der Waals surface area contributed by atoms with E-state index in [1.165, 1.54) is 0 Å². The number of nitrogens with zero attached hydrogens (tertiary/aromatic N) is 2. The standard InChI is InChI=1S/C20H21N3O2/c1-13-6-5-7-16-14(2)10-19(22-20(13)16)23-21-12-15-8-9-17(24-3)18(11-15)25-4/h5-12H,1-4H3,(H,22,23)/b21-12+. The van der Waals surface area contributed by atoms with Crippen LogP contribution >= 0.6 is 0 Å². The van der Waals surface area contributed by atoms with Gasteiger partial charge in [-0.15, -0.1) is 0 Å². The van der Waals surface area contributed by atoms with Gasteiger partial charge in [-0.25, -0.2) is 4.98 Å². The molecule has 0 bridgehead atoms. The number of para-hydroxylation sites is 1. The second-order valence-electron chi connectivity index (χ2n) is 5.78. The third-order valence-corrected chi connectivity index (χ3v) is 4.05. The van der Waals surface area contributed by atoms with Crippen molar-refractivity contribution in [2.45, 2.75) is 13.8 Å². The van der Waals surface area contributed by atoms with Gasteiger partial charge in [-0.3, -0.25) is 5.43 Å². The quantitative estimate of drug-likeness (QED) is 0.557. The highest BCUT2D eigenvalue weighted by Crippen LogP contribution is 2.27. The smallest absolute Gasteiger partial charge is 0.161 e. The molecular formula is C20H21N3O2. The number of nitrogens with one attached hydrogen (secondary N) is 1. The molecule has 128 valence electrons. The van der Waals surface area contributed by atoms with Crippen molar-refractivity contribution >= 4 is 22.9 Å². The minimum atomic E-state index is 0.668. The van der Waals surface area contributed by atoms with Crippen LogP contribution in [0, 0.1) is 13.8 Å². The Morgan fingerprint density at radius 2 is 1.76 bits per heavy atom. The summed E-state index contributed by atoms with van der Waals surface area (Å²) in [4.78, 5) is 4.66. The second-order valence-corrected chi connectivity index (χ2v) is 5.78. The van der Waals surface area contributed by atoms with Crippen molar-refractivity contribution in [2.75, 3.05) is 19.6 Å². The Morgan fingerprint density at radius 3 is 2.52 bits per heavy atom. The number of aryl methyl sites for hydroxylation is 2. The largest absolute Gasteiger partial charge is 0.493 e. The van der Waals surface area contributed by atoms with Crippen LogP contribution < -0.4 is 14.9 Å². The molecule has 0 saturated heterocycles. The number of methoxy groups -OCH3 is 2. The normalized spacial score (nSPS) is 11.0. The molecule has 0 amide bonds. The van der Waals surface area contributed by atoms with Crippen LogP contribution in [0.2, 0.25) is 0 Å². The fourth-order valence-corrected chi connectivity index (χ4v) is 2.72. The molecule has 1 aromatic heterocycles. The topological polar surface area (TPSA) is 55.7 Å². The third-order valence-electron chi connectivity index (χ3n) is 4.05. The molecule has 25 heavy (non-hydrogen) atoms. The van der Waals surface area contributed by atoms with Gasteiger partial charge in [-0.1, -0.05) is 18.2 Å². The maximum absolute atomic E-state index is 5.30. The third kappa shape index (κ3) is 3.55. The molecular weight excluding hydrogens is 314 g/mol. The number of hydrogen-bond donors (Lipinski definition) is 1. The summed E-state index contributed by atoms with van der Waals surface area (Å²) >= 11 is 0. The number of ether oxygens (including phenoxy) is 2. The van der Waals surface area contributed by atoms with Gasteiger partial charge in [0, 0.05) is 5.39 Å². The minimum Gasteiger partial charge on any atom is -0.493 e. The Bertz CT molecular complexity index is 936. The molecule has 0 aliphatic heterocycles. The fraction of sp³-hybridized carbons (Fsp3) is 0.200. The molecule has 0 atom stereocenters. The van der Waals surface area contributed by atoms with Crippen molar-refractivity contribution in [3.05, 3.63) is 59.2 Å². The second kappa shape index (κ2) is 7.21. The van der Waals surface area contributed by atoms with Crippen LogP contribution in [0.5, 0.6) is 11.5 Å². The number of rotatable bonds is 5. The highest BCUT2D eigenvalue weighted by atomic mass is 16.5. The molecule has 1 N–H and O–H groups in total. The summed E-state index contributed by atoms with van der Waals surface area (Å²) in [6.07, 6.45) is 1.72. The van der Waals surface area contributed by atoms with E-state index in [0.717, 1.165) is 33.4 Å². The molecule has 5 heteroatoms. The zero-order valence-electron chi connectivity index (χ0n) is 14.8. The van der Waals surface area contributed by atoms with Crippen LogP contribution in [0.4, 0.5) is 5.82 Å². The lowest BCUT2D eigenvalue weighted by Crippen LogP contribution is -1.97. The van der Waals surface area contributed by atoms with E-state index in [1.807, 2.05) is 24.3 Å². The van der Waals surface area contributed by atoms with E-state index in [1.54, 1.807) is 20.4 Å². The van der Waals surface area contributed by atoms with E-state index in [-0.39, 0.29) is 0 Å². The molecule has 2 aromatic carbocycles. The summed E-state index contributed by atoms with van der Waals surface area (Å²) in [6, 6.07) is 13.8. The van der Waals surface area contributed by atoms with E-state index in [4.69, 9.17) is 9.47 Å². The highest BCUT2D eigenvalue weighted by Gasteiger charge is 2.05. The molecule has 0 saturated carbocycles. The summed E-state index contributed by atoms with van der Waals surface area (Å²) in [7, 11) is 3.23. The Balaban J connectivity index is 1.83. The number of anilines is 1. The number of benzene rings is 2. The zero-order chi connectivity index (χ0) is 17.8. The SMILES string of the molecule is COc1ccc(/C=N/Nc2cc(C)c3cccc(C)c3n2)cc1OC. The molecule has 0 spiro atoms. The molecule has 0 aliphatic rings. The number of fused-ring (bicyclic) bond motifs is 1. The van der Waals surface area contributed by atoms with Gasteiger partial charge in [0.1, 0.15) is 5.82 Å². The number of pyridine rings is 1. The van der Waals surface area contributed by atoms with Crippen molar-refractivity contribution in [3.63, 3.8) is 0 Å². The first kappa shape index (κ1) is 16.8. The van der Waals surface area contributed by atoms with Crippen molar-refractivity contribution < 1.29 is 9.47 Å². The van der Waals surface area contributed by atoms with Crippen molar-refractivity contribution in [2.24, 2.45) is 5.10 Å². The molecule has 0 fully saturated rings. The number of hydrogen-bond acceptors (Lipinski definition) is 5. The Labute approximate surface area is 147 Å². The summed E-state index contributed by atoms with van der Waals surface area (Å²) in [5, 5.41) is 5.45. The summed E-state index contributed by atoms with van der Waals surface area (Å²) in [6.45, 7) is 4.14. The molecule has 1 heterocycles. The average Bonchev–Trinajstić information content (AvgIpc) is 2.62. The van der Waals surface area contributed by atoms with Gasteiger partial charge in [-0.2, -0.15) is 5.10 Å². The Kier molecular flexibility index (Phi) is 4.84.